The molecule has 7 nitrogen and oxygen atoms in total. The second-order valence-corrected chi connectivity index (χ2v) is 2.40. The van der Waals surface area contributed by atoms with Gasteiger partial charge in [0.1, 0.15) is 6.61 Å². The molecule has 0 saturated carbocycles. The summed E-state index contributed by atoms with van der Waals surface area (Å²) in [4.78, 5) is 31.6. The van der Waals surface area contributed by atoms with Crippen LogP contribution in [0, 0.1) is 0 Å². The molecule has 3 N–H and O–H groups in total. The van der Waals surface area contributed by atoms with Crippen molar-refractivity contribution in [3.63, 3.8) is 0 Å². The minimum absolute atomic E-state index is 0.556. The van der Waals surface area contributed by atoms with Gasteiger partial charge in [-0.25, -0.2) is 9.59 Å². The fraction of sp³-hybridized carbons (Fsp3) is 0.375. The molecule has 0 aliphatic heterocycles. The Kier molecular flexibility index (Phi) is 5.72. The van der Waals surface area contributed by atoms with E-state index in [1.165, 1.54) is 0 Å². The fourth-order valence-corrected chi connectivity index (χ4v) is 0.495. The first-order chi connectivity index (χ1) is 6.97. The summed E-state index contributed by atoms with van der Waals surface area (Å²) in [5.74, 6) is -2.61. The van der Waals surface area contributed by atoms with E-state index in [9.17, 15) is 14.4 Å². The molecular weight excluding hydrogens is 206 g/mol. The lowest BCUT2D eigenvalue weighted by Gasteiger charge is -2.05. The highest BCUT2D eigenvalue weighted by molar-refractivity contribution is 5.91. The van der Waals surface area contributed by atoms with E-state index in [0.717, 1.165) is 19.3 Å². The Morgan fingerprint density at radius 2 is 1.87 bits per heavy atom. The molecule has 1 atom stereocenters. The number of methoxy groups -OCH3 is 1. The van der Waals surface area contributed by atoms with Crippen LogP contribution in [-0.2, 0) is 23.9 Å². The van der Waals surface area contributed by atoms with Crippen molar-refractivity contribution in [2.75, 3.05) is 13.7 Å². The van der Waals surface area contributed by atoms with Crippen molar-refractivity contribution in [2.45, 2.75) is 6.10 Å². The number of aliphatic hydroxyl groups is 1. The number of primary amides is 1. The normalized spacial score (nSPS) is 12.1. The van der Waals surface area contributed by atoms with Crippen molar-refractivity contribution < 1.29 is 29.0 Å². The zero-order chi connectivity index (χ0) is 11.8. The highest BCUT2D eigenvalue weighted by Crippen LogP contribution is 1.88. The number of hydrogen-bond acceptors (Lipinski definition) is 6. The molecule has 84 valence electrons. The van der Waals surface area contributed by atoms with Crippen LogP contribution in [0.4, 0.5) is 0 Å². The Bertz CT molecular complexity index is 285. The molecule has 0 fully saturated rings. The maximum absolute atomic E-state index is 10.8. The third-order valence-corrected chi connectivity index (χ3v) is 1.27. The Labute approximate surface area is 85.5 Å². The fourth-order valence-electron chi connectivity index (χ4n) is 0.495. The topological polar surface area (TPSA) is 116 Å². The Balaban J connectivity index is 3.90. The van der Waals surface area contributed by atoms with Gasteiger partial charge < -0.3 is 20.3 Å². The van der Waals surface area contributed by atoms with Crippen molar-refractivity contribution in [2.24, 2.45) is 5.73 Å². The van der Waals surface area contributed by atoms with Crippen LogP contribution in [0.5, 0.6) is 0 Å². The number of hydrogen-bond donors (Lipinski definition) is 2. The van der Waals surface area contributed by atoms with Crippen LogP contribution in [0.25, 0.3) is 0 Å². The minimum Gasteiger partial charge on any atom is -0.466 e. The standard InChI is InChI=1S/C8H11NO6/c1-14-6(11)2-3-7(12)15-4-5(10)8(9)13/h2-3,5,10H,4H2,1H3,(H2,9,13)/b3-2+. The Hall–Kier alpha value is -1.89. The van der Waals surface area contributed by atoms with Crippen LogP contribution in [0.1, 0.15) is 0 Å². The molecule has 0 aliphatic rings. The van der Waals surface area contributed by atoms with Gasteiger partial charge in [0.15, 0.2) is 6.10 Å². The van der Waals surface area contributed by atoms with Gasteiger partial charge in [-0.1, -0.05) is 0 Å². The smallest absolute Gasteiger partial charge is 0.331 e. The van der Waals surface area contributed by atoms with Gasteiger partial charge >= 0.3 is 11.9 Å². The van der Waals surface area contributed by atoms with Gasteiger partial charge in [-0.2, -0.15) is 0 Å². The Morgan fingerprint density at radius 3 is 2.33 bits per heavy atom. The lowest BCUT2D eigenvalue weighted by molar-refractivity contribution is -0.144. The lowest BCUT2D eigenvalue weighted by Crippen LogP contribution is -2.33. The Morgan fingerprint density at radius 1 is 1.33 bits per heavy atom. The molecule has 1 amide bonds. The molecule has 0 heterocycles. The number of carbonyl (C=O) groups is 3. The quantitative estimate of drug-likeness (QED) is 0.410. The number of ether oxygens (including phenoxy) is 2. The van der Waals surface area contributed by atoms with Crippen LogP contribution in [0.15, 0.2) is 12.2 Å². The van der Waals surface area contributed by atoms with Crippen molar-refractivity contribution in [1.82, 2.24) is 0 Å². The minimum atomic E-state index is -1.56. The van der Waals surface area contributed by atoms with Crippen LogP contribution in [0.2, 0.25) is 0 Å². The molecule has 0 aromatic rings. The maximum atomic E-state index is 10.8. The molecular formula is C8H11NO6. The number of rotatable bonds is 5. The molecule has 0 bridgehead atoms. The zero-order valence-electron chi connectivity index (χ0n) is 8.00. The van der Waals surface area contributed by atoms with Crippen molar-refractivity contribution in [3.8, 4) is 0 Å². The average molecular weight is 217 g/mol. The van der Waals surface area contributed by atoms with Crippen LogP contribution in [-0.4, -0.2) is 42.8 Å². The van der Waals surface area contributed by atoms with Crippen molar-refractivity contribution in [3.05, 3.63) is 12.2 Å². The van der Waals surface area contributed by atoms with Crippen LogP contribution < -0.4 is 5.73 Å². The molecule has 15 heavy (non-hydrogen) atoms. The summed E-state index contributed by atoms with van der Waals surface area (Å²) >= 11 is 0. The van der Waals surface area contributed by atoms with Gasteiger partial charge in [-0.15, -0.1) is 0 Å². The second kappa shape index (κ2) is 6.55. The van der Waals surface area contributed by atoms with E-state index in [0.29, 0.717) is 0 Å². The molecule has 0 spiro atoms. The molecule has 0 aromatic carbocycles. The summed E-state index contributed by atoms with van der Waals surface area (Å²) in [7, 11) is 1.15. The number of aliphatic hydroxyl groups excluding tert-OH is 1. The molecule has 0 radical (unpaired) electrons. The van der Waals surface area contributed by atoms with E-state index in [2.05, 4.69) is 9.47 Å². The zero-order valence-corrected chi connectivity index (χ0v) is 8.00. The summed E-state index contributed by atoms with van der Waals surface area (Å²) in [6, 6.07) is 0. The van der Waals surface area contributed by atoms with E-state index in [1.54, 1.807) is 0 Å². The maximum Gasteiger partial charge on any atom is 0.331 e. The van der Waals surface area contributed by atoms with Gasteiger partial charge in [0.2, 0.25) is 5.91 Å². The van der Waals surface area contributed by atoms with E-state index in [4.69, 9.17) is 10.8 Å². The molecule has 7 heteroatoms. The van der Waals surface area contributed by atoms with Gasteiger partial charge in [0.05, 0.1) is 7.11 Å². The average Bonchev–Trinajstić information content (AvgIpc) is 2.21. The van der Waals surface area contributed by atoms with Gasteiger partial charge in [0, 0.05) is 12.2 Å². The third-order valence-electron chi connectivity index (χ3n) is 1.27. The molecule has 0 aromatic heterocycles. The lowest BCUT2D eigenvalue weighted by atomic mass is 10.4. The van der Waals surface area contributed by atoms with Crippen molar-refractivity contribution in [1.29, 1.82) is 0 Å². The third kappa shape index (κ3) is 6.22. The summed E-state index contributed by atoms with van der Waals surface area (Å²) in [5, 5.41) is 8.83. The number of amides is 1. The van der Waals surface area contributed by atoms with E-state index < -0.39 is 30.6 Å². The van der Waals surface area contributed by atoms with Gasteiger partial charge in [0.25, 0.3) is 0 Å². The largest absolute Gasteiger partial charge is 0.466 e. The summed E-state index contributed by atoms with van der Waals surface area (Å²) in [6.07, 6.45) is 0.0962. The number of esters is 2. The first-order valence-corrected chi connectivity index (χ1v) is 3.87. The highest BCUT2D eigenvalue weighted by Gasteiger charge is 2.12. The first-order valence-electron chi connectivity index (χ1n) is 3.87. The SMILES string of the molecule is COC(=O)/C=C/C(=O)OCC(O)C(N)=O. The molecule has 0 aliphatic carbocycles. The van der Waals surface area contributed by atoms with E-state index in [1.807, 2.05) is 0 Å². The van der Waals surface area contributed by atoms with E-state index >= 15 is 0 Å². The molecule has 1 unspecified atom stereocenters. The predicted octanol–water partition coefficient (Wildman–Crippen LogP) is -1.89. The second-order valence-electron chi connectivity index (χ2n) is 2.40. The summed E-state index contributed by atoms with van der Waals surface area (Å²) in [5.41, 5.74) is 4.69. The van der Waals surface area contributed by atoms with Crippen molar-refractivity contribution >= 4 is 17.8 Å². The van der Waals surface area contributed by atoms with Crippen LogP contribution in [0.3, 0.4) is 0 Å². The summed E-state index contributed by atoms with van der Waals surface area (Å²) in [6.45, 7) is -0.556. The predicted molar refractivity (Wildman–Crippen MR) is 47.3 cm³/mol. The van der Waals surface area contributed by atoms with Crippen LogP contribution >= 0.6 is 0 Å². The molecule has 0 rings (SSSR count). The summed E-state index contributed by atoms with van der Waals surface area (Å²) < 4.78 is 8.58. The molecule has 0 saturated heterocycles. The van der Waals surface area contributed by atoms with Gasteiger partial charge in [-0.05, 0) is 0 Å². The van der Waals surface area contributed by atoms with Gasteiger partial charge in [-0.3, -0.25) is 4.79 Å². The highest BCUT2D eigenvalue weighted by atomic mass is 16.5. The number of nitrogens with two attached hydrogens (primary N) is 1. The van der Waals surface area contributed by atoms with E-state index in [-0.39, 0.29) is 0 Å². The monoisotopic (exact) mass is 217 g/mol. The first kappa shape index (κ1) is 13.1. The number of carbonyl (C=O) groups excluding carboxylic acids is 3.